The van der Waals surface area contributed by atoms with Gasteiger partial charge in [0.05, 0.1) is 5.69 Å². The summed E-state index contributed by atoms with van der Waals surface area (Å²) in [5.74, 6) is 3.58. The fourth-order valence-electron chi connectivity index (χ4n) is 4.64. The second-order valence-electron chi connectivity index (χ2n) is 12.2. The lowest BCUT2D eigenvalue weighted by Gasteiger charge is -2.18. The average molecular weight is 689 g/mol. The first-order chi connectivity index (χ1) is 23.9. The molecule has 0 bridgehead atoms. The van der Waals surface area contributed by atoms with Gasteiger partial charge in [-0.2, -0.15) is 0 Å². The largest absolute Gasteiger partial charge is 0.352 e. The van der Waals surface area contributed by atoms with Gasteiger partial charge >= 0.3 is 0 Å². The Morgan fingerprint density at radius 2 is 1.44 bits per heavy atom. The molecule has 0 saturated carbocycles. The highest BCUT2D eigenvalue weighted by molar-refractivity contribution is 5.82. The van der Waals surface area contributed by atoms with Crippen LogP contribution in [0.15, 0.2) is 84.5 Å². The van der Waals surface area contributed by atoms with E-state index >= 15 is 0 Å². The summed E-state index contributed by atoms with van der Waals surface area (Å²) in [5.41, 5.74) is 7.28. The molecule has 3 rings (SSSR count). The van der Waals surface area contributed by atoms with Gasteiger partial charge in [0.15, 0.2) is 0 Å². The van der Waals surface area contributed by atoms with Crippen LogP contribution in [0.3, 0.4) is 0 Å². The first-order valence-corrected chi connectivity index (χ1v) is 18.8. The van der Waals surface area contributed by atoms with Gasteiger partial charge in [0.1, 0.15) is 5.82 Å². The number of carbonyl (C=O) groups excluding carboxylic acids is 1. The van der Waals surface area contributed by atoms with Crippen molar-refractivity contribution < 1.29 is 9.18 Å². The molecule has 1 heterocycles. The van der Waals surface area contributed by atoms with Gasteiger partial charge < -0.3 is 9.88 Å². The van der Waals surface area contributed by atoms with Crippen LogP contribution < -0.4 is 5.32 Å². The highest BCUT2D eigenvalue weighted by Gasteiger charge is 2.18. The molecule has 0 aliphatic heterocycles. The van der Waals surface area contributed by atoms with Crippen LogP contribution in [0.4, 0.5) is 4.39 Å². The summed E-state index contributed by atoms with van der Waals surface area (Å²) >= 11 is 0. The van der Waals surface area contributed by atoms with E-state index in [-0.39, 0.29) is 11.7 Å². The molecule has 0 aliphatic carbocycles. The van der Waals surface area contributed by atoms with E-state index in [1.165, 1.54) is 40.9 Å². The molecule has 0 fully saturated rings. The standard InChI is InChI=1S/C26H32FN.C8H15NO.C4H8.C3H8.C3H4.C2H6/c1-5-24-18-25(21-9-7-6-8-10-21)26(22-11-13-23(27)14-12-22)28(24)16-15-20(4)17-19(2)3;1-4-7(3)6-9-8(10)5-2;1-3-4-2;2*1-3-2;1-2/h6-14,18-20H,5,15-17H2,1-4H3;4H,5-6H2,1-3H3,(H,9,10);3-4H,1-2H3;3H2,1-2H3;1H,2H3;1-2H3/b;7-4+;4-3-;;;. The first-order valence-electron chi connectivity index (χ1n) is 18.8. The van der Waals surface area contributed by atoms with Gasteiger partial charge in [-0.25, -0.2) is 4.39 Å². The monoisotopic (exact) mass is 689 g/mol. The summed E-state index contributed by atoms with van der Waals surface area (Å²) in [6, 6.07) is 19.8. The summed E-state index contributed by atoms with van der Waals surface area (Å²) in [6.07, 6.45) is 15.8. The van der Waals surface area contributed by atoms with Gasteiger partial charge in [0.25, 0.3) is 0 Å². The van der Waals surface area contributed by atoms with Crippen molar-refractivity contribution in [2.24, 2.45) is 11.8 Å². The molecular formula is C46H73FN2O. The van der Waals surface area contributed by atoms with Crippen molar-refractivity contribution in [3.8, 4) is 34.7 Å². The van der Waals surface area contributed by atoms with Crippen LogP contribution in [0.25, 0.3) is 22.4 Å². The number of hydrogen-bond donors (Lipinski definition) is 1. The molecule has 1 atom stereocenters. The second-order valence-corrected chi connectivity index (χ2v) is 12.2. The Labute approximate surface area is 308 Å². The molecule has 1 N–H and O–H groups in total. The third kappa shape index (κ3) is 23.5. The molecular weight excluding hydrogens is 616 g/mol. The Hall–Kier alpha value is -3.84. The molecule has 0 saturated heterocycles. The van der Waals surface area contributed by atoms with Crippen LogP contribution in [-0.2, 0) is 17.8 Å². The predicted molar refractivity (Wildman–Crippen MR) is 223 cm³/mol. The van der Waals surface area contributed by atoms with Crippen LogP contribution in [0, 0.1) is 30.0 Å². The van der Waals surface area contributed by atoms with E-state index in [0.29, 0.717) is 18.9 Å². The topological polar surface area (TPSA) is 34.0 Å². The van der Waals surface area contributed by atoms with Crippen LogP contribution in [0.2, 0.25) is 0 Å². The Morgan fingerprint density at radius 3 is 1.86 bits per heavy atom. The summed E-state index contributed by atoms with van der Waals surface area (Å²) in [5, 5.41) is 2.78. The minimum atomic E-state index is -0.190. The Morgan fingerprint density at radius 1 is 0.920 bits per heavy atom. The molecule has 50 heavy (non-hydrogen) atoms. The zero-order chi connectivity index (χ0) is 38.9. The lowest BCUT2D eigenvalue weighted by atomic mass is 9.96. The summed E-state index contributed by atoms with van der Waals surface area (Å²) in [7, 11) is 0. The fraction of sp³-hybridized carbons (Fsp3) is 0.500. The van der Waals surface area contributed by atoms with E-state index in [1.54, 1.807) is 19.1 Å². The normalized spacial score (nSPS) is 10.7. The van der Waals surface area contributed by atoms with Gasteiger partial charge in [-0.05, 0) is 107 Å². The minimum Gasteiger partial charge on any atom is -0.352 e. The predicted octanol–water partition coefficient (Wildman–Crippen LogP) is 13.7. The summed E-state index contributed by atoms with van der Waals surface area (Å²) < 4.78 is 16.0. The van der Waals surface area contributed by atoms with Crippen molar-refractivity contribution in [2.45, 2.75) is 136 Å². The van der Waals surface area contributed by atoms with E-state index in [2.05, 4.69) is 94.1 Å². The van der Waals surface area contributed by atoms with Crippen molar-refractivity contribution in [1.82, 2.24) is 9.88 Å². The number of halogens is 1. The van der Waals surface area contributed by atoms with Crippen LogP contribution >= 0.6 is 0 Å². The van der Waals surface area contributed by atoms with Crippen molar-refractivity contribution in [3.05, 3.63) is 96.0 Å². The molecule has 1 unspecified atom stereocenters. The van der Waals surface area contributed by atoms with Crippen molar-refractivity contribution in [1.29, 1.82) is 0 Å². The molecule has 280 valence electrons. The maximum absolute atomic E-state index is 13.6. The van der Waals surface area contributed by atoms with Gasteiger partial charge in [0, 0.05) is 30.8 Å². The van der Waals surface area contributed by atoms with E-state index in [9.17, 15) is 9.18 Å². The molecule has 0 spiro atoms. The smallest absolute Gasteiger partial charge is 0.219 e. The first kappa shape index (κ1) is 50.5. The van der Waals surface area contributed by atoms with Crippen LogP contribution in [0.5, 0.6) is 0 Å². The lowest BCUT2D eigenvalue weighted by Crippen LogP contribution is -2.23. The Bertz CT molecular complexity index is 1320. The molecule has 3 aromatic rings. The highest BCUT2D eigenvalue weighted by Crippen LogP contribution is 2.36. The van der Waals surface area contributed by atoms with Gasteiger partial charge in [-0.1, -0.05) is 123 Å². The second kappa shape index (κ2) is 33.6. The number of nitrogens with one attached hydrogen (secondary N) is 1. The molecule has 0 aliphatic rings. The van der Waals surface area contributed by atoms with Gasteiger partial charge in [-0.15, -0.1) is 12.3 Å². The van der Waals surface area contributed by atoms with Crippen molar-refractivity contribution >= 4 is 5.91 Å². The van der Waals surface area contributed by atoms with E-state index < -0.39 is 0 Å². The maximum Gasteiger partial charge on any atom is 0.219 e. The van der Waals surface area contributed by atoms with E-state index in [4.69, 9.17) is 0 Å². The molecule has 1 amide bonds. The number of carbonyl (C=O) groups is 1. The number of benzene rings is 2. The Balaban J connectivity index is -0.000000827. The number of allylic oxidation sites excluding steroid dienone is 3. The number of terminal acetylenes is 1. The third-order valence-corrected chi connectivity index (χ3v) is 7.18. The number of aryl methyl sites for hydroxylation is 1. The van der Waals surface area contributed by atoms with E-state index in [1.807, 2.05) is 84.9 Å². The average Bonchev–Trinajstić information content (AvgIpc) is 3.50. The van der Waals surface area contributed by atoms with Crippen LogP contribution in [0.1, 0.15) is 128 Å². The molecule has 1 aromatic heterocycles. The highest BCUT2D eigenvalue weighted by atomic mass is 19.1. The van der Waals surface area contributed by atoms with Gasteiger partial charge in [-0.3, -0.25) is 4.79 Å². The number of rotatable bonds is 11. The summed E-state index contributed by atoms with van der Waals surface area (Å²) in [4.78, 5) is 10.7. The van der Waals surface area contributed by atoms with Gasteiger partial charge in [0.2, 0.25) is 5.91 Å². The van der Waals surface area contributed by atoms with Crippen molar-refractivity contribution in [2.75, 3.05) is 6.54 Å². The SMILES string of the molecule is C#CC.C/C=C(\C)CNC(=O)CC.C/C=C\C.CC.CCC.CCc1cc(-c2ccccc2)c(-c2ccc(F)cc2)n1CCC(C)CC(C)C. The van der Waals surface area contributed by atoms with Crippen molar-refractivity contribution in [3.63, 3.8) is 0 Å². The van der Waals surface area contributed by atoms with E-state index in [0.717, 1.165) is 30.9 Å². The minimum absolute atomic E-state index is 0.112. The maximum atomic E-state index is 13.6. The molecule has 3 nitrogen and oxygen atoms in total. The fourth-order valence-corrected chi connectivity index (χ4v) is 4.64. The summed E-state index contributed by atoms with van der Waals surface area (Å²) in [6.45, 7) is 30.5. The lowest BCUT2D eigenvalue weighted by molar-refractivity contribution is -0.120. The number of amides is 1. The number of nitrogens with zero attached hydrogens (tertiary/aromatic N) is 1. The number of hydrogen-bond acceptors (Lipinski definition) is 1. The third-order valence-electron chi connectivity index (χ3n) is 7.18. The molecule has 4 heteroatoms. The zero-order valence-corrected chi connectivity index (χ0v) is 34.4. The molecule has 0 radical (unpaired) electrons. The zero-order valence-electron chi connectivity index (χ0n) is 34.4. The Kier molecular flexibility index (Phi) is 34.0. The molecule has 2 aromatic carbocycles. The number of aromatic nitrogens is 1. The van der Waals surface area contributed by atoms with Crippen LogP contribution in [-0.4, -0.2) is 17.0 Å². The quantitative estimate of drug-likeness (QED) is 0.158.